The lowest BCUT2D eigenvalue weighted by Crippen LogP contribution is -2.44. The molecule has 1 atom stereocenters. The van der Waals surface area contributed by atoms with Crippen LogP contribution in [0.25, 0.3) is 0 Å². The van der Waals surface area contributed by atoms with E-state index < -0.39 is 11.1 Å². The van der Waals surface area contributed by atoms with Gasteiger partial charge in [-0.2, -0.15) is 0 Å². The molecule has 0 radical (unpaired) electrons. The van der Waals surface area contributed by atoms with Crippen molar-refractivity contribution in [2.75, 3.05) is 19.0 Å². The maximum atomic E-state index is 13.1. The van der Waals surface area contributed by atoms with E-state index in [1.54, 1.807) is 29.2 Å². The molecule has 0 bridgehead atoms. The van der Waals surface area contributed by atoms with Gasteiger partial charge >= 0.3 is 0 Å². The number of nitro groups is 1. The van der Waals surface area contributed by atoms with Crippen LogP contribution in [-0.4, -0.2) is 34.5 Å². The van der Waals surface area contributed by atoms with Gasteiger partial charge in [0.15, 0.2) is 11.5 Å². The minimum atomic E-state index is -0.760. The van der Waals surface area contributed by atoms with E-state index in [1.807, 2.05) is 13.8 Å². The summed E-state index contributed by atoms with van der Waals surface area (Å²) in [7, 11) is 1.37. The van der Waals surface area contributed by atoms with Crippen LogP contribution in [0.3, 0.4) is 0 Å². The number of nitrogens with one attached hydrogen (secondary N) is 1. The van der Waals surface area contributed by atoms with Gasteiger partial charge in [0.25, 0.3) is 11.6 Å². The molecule has 8 heteroatoms. The van der Waals surface area contributed by atoms with E-state index in [1.165, 1.54) is 13.2 Å². The average molecular weight is 371 g/mol. The van der Waals surface area contributed by atoms with Crippen molar-refractivity contribution in [3.8, 4) is 11.5 Å². The molecule has 1 unspecified atom stereocenters. The Hall–Kier alpha value is -3.29. The number of amides is 1. The fraction of sp³-hybridized carbons (Fsp3) is 0.316. The van der Waals surface area contributed by atoms with Gasteiger partial charge in [0.1, 0.15) is 6.17 Å². The zero-order valence-corrected chi connectivity index (χ0v) is 15.3. The number of para-hydroxylation sites is 1. The van der Waals surface area contributed by atoms with Crippen LogP contribution >= 0.6 is 0 Å². The first-order valence-corrected chi connectivity index (χ1v) is 8.55. The number of anilines is 1. The van der Waals surface area contributed by atoms with E-state index in [-0.39, 0.29) is 34.6 Å². The molecule has 0 spiro atoms. The Labute approximate surface area is 156 Å². The Morgan fingerprint density at radius 3 is 2.67 bits per heavy atom. The fourth-order valence-corrected chi connectivity index (χ4v) is 3.23. The fourth-order valence-electron chi connectivity index (χ4n) is 3.23. The highest BCUT2D eigenvalue weighted by Crippen LogP contribution is 2.41. The van der Waals surface area contributed by atoms with E-state index in [0.717, 1.165) is 6.07 Å². The summed E-state index contributed by atoms with van der Waals surface area (Å²) in [5.41, 5.74) is 1.08. The van der Waals surface area contributed by atoms with E-state index >= 15 is 0 Å². The number of phenols is 1. The van der Waals surface area contributed by atoms with Crippen molar-refractivity contribution in [3.05, 3.63) is 57.6 Å². The molecule has 2 aromatic carbocycles. The van der Waals surface area contributed by atoms with Gasteiger partial charge in [-0.05, 0) is 24.1 Å². The Kier molecular flexibility index (Phi) is 4.89. The number of carbonyl (C=O) groups excluding carboxylic acids is 1. The number of rotatable bonds is 5. The van der Waals surface area contributed by atoms with Crippen LogP contribution in [0.4, 0.5) is 11.4 Å². The number of ether oxygens (including phenoxy) is 1. The summed E-state index contributed by atoms with van der Waals surface area (Å²) in [6, 6.07) is 9.50. The molecule has 142 valence electrons. The van der Waals surface area contributed by atoms with Gasteiger partial charge < -0.3 is 20.1 Å². The third kappa shape index (κ3) is 3.38. The summed E-state index contributed by atoms with van der Waals surface area (Å²) >= 11 is 0. The van der Waals surface area contributed by atoms with E-state index in [2.05, 4.69) is 5.32 Å². The first kappa shape index (κ1) is 18.5. The van der Waals surface area contributed by atoms with E-state index in [4.69, 9.17) is 4.74 Å². The van der Waals surface area contributed by atoms with Crippen molar-refractivity contribution in [1.82, 2.24) is 4.90 Å². The molecule has 0 saturated carbocycles. The van der Waals surface area contributed by atoms with Crippen molar-refractivity contribution in [2.45, 2.75) is 20.0 Å². The number of hydrogen-bond donors (Lipinski definition) is 2. The number of methoxy groups -OCH3 is 1. The SMILES string of the molecule is COc1cc(C2Nc3ccccc3C(=O)N2CC(C)C)c([N+](=O)[O-])cc1O. The number of nitro benzene ring substituents is 1. The second-order valence-electron chi connectivity index (χ2n) is 6.78. The molecular weight excluding hydrogens is 350 g/mol. The summed E-state index contributed by atoms with van der Waals surface area (Å²) in [6.07, 6.45) is -0.760. The van der Waals surface area contributed by atoms with Gasteiger partial charge in [-0.15, -0.1) is 0 Å². The Morgan fingerprint density at radius 2 is 2.04 bits per heavy atom. The van der Waals surface area contributed by atoms with Crippen molar-refractivity contribution < 1.29 is 19.6 Å². The molecule has 3 rings (SSSR count). The van der Waals surface area contributed by atoms with Gasteiger partial charge in [-0.1, -0.05) is 26.0 Å². The standard InChI is InChI=1S/C19H21N3O5/c1-11(2)10-21-18(20-14-7-5-4-6-12(14)19(21)24)13-8-17(27-3)16(23)9-15(13)22(25)26/h4-9,11,18,20,23H,10H2,1-3H3. The smallest absolute Gasteiger partial charge is 0.280 e. The van der Waals surface area contributed by atoms with Crippen LogP contribution in [0, 0.1) is 16.0 Å². The minimum Gasteiger partial charge on any atom is -0.504 e. The van der Waals surface area contributed by atoms with Gasteiger partial charge in [-0.25, -0.2) is 0 Å². The van der Waals surface area contributed by atoms with Gasteiger partial charge in [0, 0.05) is 12.2 Å². The minimum absolute atomic E-state index is 0.105. The van der Waals surface area contributed by atoms with Crippen molar-refractivity contribution in [2.24, 2.45) is 5.92 Å². The zero-order valence-electron chi connectivity index (χ0n) is 15.3. The molecule has 0 saturated heterocycles. The highest BCUT2D eigenvalue weighted by molar-refractivity contribution is 6.01. The number of benzene rings is 2. The van der Waals surface area contributed by atoms with Crippen molar-refractivity contribution in [3.63, 3.8) is 0 Å². The molecule has 0 fully saturated rings. The first-order chi connectivity index (χ1) is 12.8. The summed E-state index contributed by atoms with van der Waals surface area (Å²) in [5.74, 6) is -0.273. The van der Waals surface area contributed by atoms with Crippen LogP contribution < -0.4 is 10.1 Å². The molecule has 1 heterocycles. The lowest BCUT2D eigenvalue weighted by Gasteiger charge is -2.38. The van der Waals surface area contributed by atoms with Crippen LogP contribution in [0.15, 0.2) is 36.4 Å². The number of carbonyl (C=O) groups is 1. The predicted molar refractivity (Wildman–Crippen MR) is 100.0 cm³/mol. The Balaban J connectivity index is 2.18. The molecular formula is C19H21N3O5. The van der Waals surface area contributed by atoms with Crippen molar-refractivity contribution >= 4 is 17.3 Å². The Morgan fingerprint density at radius 1 is 1.33 bits per heavy atom. The first-order valence-electron chi connectivity index (χ1n) is 8.55. The normalized spacial score (nSPS) is 16.1. The van der Waals surface area contributed by atoms with Crippen LogP contribution in [0.2, 0.25) is 0 Å². The maximum Gasteiger partial charge on any atom is 0.280 e. The summed E-state index contributed by atoms with van der Waals surface area (Å²) in [4.78, 5) is 25.7. The van der Waals surface area contributed by atoms with Gasteiger partial charge in [0.05, 0.1) is 29.2 Å². The zero-order chi connectivity index (χ0) is 19.7. The summed E-state index contributed by atoms with van der Waals surface area (Å²) in [6.45, 7) is 4.35. The molecule has 2 aromatic rings. The number of nitrogens with zero attached hydrogens (tertiary/aromatic N) is 2. The number of hydrogen-bond acceptors (Lipinski definition) is 6. The third-order valence-corrected chi connectivity index (χ3v) is 4.40. The highest BCUT2D eigenvalue weighted by atomic mass is 16.6. The molecule has 8 nitrogen and oxygen atoms in total. The highest BCUT2D eigenvalue weighted by Gasteiger charge is 2.37. The lowest BCUT2D eigenvalue weighted by molar-refractivity contribution is -0.386. The lowest BCUT2D eigenvalue weighted by atomic mass is 10.0. The monoisotopic (exact) mass is 371 g/mol. The van der Waals surface area contributed by atoms with Crippen LogP contribution in [0.5, 0.6) is 11.5 Å². The van der Waals surface area contributed by atoms with Crippen LogP contribution in [0.1, 0.15) is 35.9 Å². The topological polar surface area (TPSA) is 105 Å². The average Bonchev–Trinajstić information content (AvgIpc) is 2.63. The van der Waals surface area contributed by atoms with Crippen molar-refractivity contribution in [1.29, 1.82) is 0 Å². The number of aromatic hydroxyl groups is 1. The van der Waals surface area contributed by atoms with Gasteiger partial charge in [0.2, 0.25) is 0 Å². The summed E-state index contributed by atoms with van der Waals surface area (Å²) in [5, 5.41) is 24.8. The molecule has 1 aliphatic heterocycles. The van der Waals surface area contributed by atoms with E-state index in [9.17, 15) is 20.0 Å². The quantitative estimate of drug-likeness (QED) is 0.615. The predicted octanol–water partition coefficient (Wildman–Crippen LogP) is 3.53. The maximum absolute atomic E-state index is 13.1. The molecule has 0 aliphatic carbocycles. The summed E-state index contributed by atoms with van der Waals surface area (Å²) < 4.78 is 5.12. The number of fused-ring (bicyclic) bond motifs is 1. The van der Waals surface area contributed by atoms with Crippen LogP contribution in [-0.2, 0) is 0 Å². The van der Waals surface area contributed by atoms with E-state index in [0.29, 0.717) is 17.8 Å². The molecule has 1 amide bonds. The molecule has 27 heavy (non-hydrogen) atoms. The molecule has 2 N–H and O–H groups in total. The second kappa shape index (κ2) is 7.14. The third-order valence-electron chi connectivity index (χ3n) is 4.40. The molecule has 1 aliphatic rings. The number of phenolic OH excluding ortho intramolecular Hbond substituents is 1. The Bertz CT molecular complexity index is 897. The second-order valence-corrected chi connectivity index (χ2v) is 6.78. The largest absolute Gasteiger partial charge is 0.504 e. The van der Waals surface area contributed by atoms with Gasteiger partial charge in [-0.3, -0.25) is 14.9 Å². The molecule has 0 aromatic heterocycles.